The summed E-state index contributed by atoms with van der Waals surface area (Å²) >= 11 is 3.23. The number of carbonyl (C=O) groups is 1. The molecule has 0 saturated carbocycles. The zero-order valence-electron chi connectivity index (χ0n) is 10.9. The molecule has 20 heavy (non-hydrogen) atoms. The molecule has 104 valence electrons. The summed E-state index contributed by atoms with van der Waals surface area (Å²) < 4.78 is 13.7. The summed E-state index contributed by atoms with van der Waals surface area (Å²) in [6.07, 6.45) is 0.829. The topological polar surface area (TPSA) is 55.1 Å². The van der Waals surface area contributed by atoms with E-state index in [2.05, 4.69) is 21.2 Å². The van der Waals surface area contributed by atoms with E-state index in [1.807, 2.05) is 13.0 Å². The molecule has 0 bridgehead atoms. The molecule has 0 saturated heterocycles. The normalized spacial score (nSPS) is 10.3. The Bertz CT molecular complexity index is 658. The van der Waals surface area contributed by atoms with Crippen LogP contribution in [0.2, 0.25) is 0 Å². The Hall–Kier alpha value is -1.88. The van der Waals surface area contributed by atoms with Gasteiger partial charge in [-0.25, -0.2) is 4.39 Å². The molecule has 2 aromatic rings. The molecule has 0 unspecified atom stereocenters. The molecule has 3 nitrogen and oxygen atoms in total. The number of anilines is 2. The monoisotopic (exact) mass is 336 g/mol. The van der Waals surface area contributed by atoms with Gasteiger partial charge in [-0.3, -0.25) is 4.79 Å². The molecule has 0 aromatic heterocycles. The van der Waals surface area contributed by atoms with Gasteiger partial charge in [0.15, 0.2) is 0 Å². The molecule has 0 aliphatic heterocycles. The number of benzene rings is 2. The van der Waals surface area contributed by atoms with Crippen LogP contribution in [0.25, 0.3) is 0 Å². The van der Waals surface area contributed by atoms with Crippen LogP contribution in [0.4, 0.5) is 15.8 Å². The Morgan fingerprint density at radius 1 is 1.30 bits per heavy atom. The van der Waals surface area contributed by atoms with Crippen LogP contribution in [-0.4, -0.2) is 5.91 Å². The Morgan fingerprint density at radius 3 is 2.70 bits per heavy atom. The first kappa shape index (κ1) is 14.5. The Balaban J connectivity index is 2.23. The molecule has 5 heteroatoms. The molecule has 3 N–H and O–H groups in total. The third kappa shape index (κ3) is 3.17. The Kier molecular flexibility index (Phi) is 4.39. The minimum Gasteiger partial charge on any atom is -0.398 e. The van der Waals surface area contributed by atoms with Gasteiger partial charge in [0.2, 0.25) is 0 Å². The van der Waals surface area contributed by atoms with Crippen molar-refractivity contribution in [2.75, 3.05) is 11.1 Å². The minimum absolute atomic E-state index is 0.239. The van der Waals surface area contributed by atoms with Crippen LogP contribution >= 0.6 is 15.9 Å². The average Bonchev–Trinajstić information content (AvgIpc) is 2.41. The van der Waals surface area contributed by atoms with Gasteiger partial charge in [-0.15, -0.1) is 0 Å². The van der Waals surface area contributed by atoms with Crippen LogP contribution in [0.5, 0.6) is 0 Å². The van der Waals surface area contributed by atoms with Crippen LogP contribution in [0.1, 0.15) is 22.8 Å². The molecule has 2 rings (SSSR count). The second-order valence-corrected chi connectivity index (χ2v) is 5.20. The van der Waals surface area contributed by atoms with Crippen LogP contribution < -0.4 is 11.1 Å². The van der Waals surface area contributed by atoms with E-state index in [0.717, 1.165) is 12.0 Å². The first-order chi connectivity index (χ1) is 9.51. The van der Waals surface area contributed by atoms with Gasteiger partial charge in [0, 0.05) is 15.8 Å². The molecular weight excluding hydrogens is 323 g/mol. The highest BCUT2D eigenvalue weighted by Gasteiger charge is 2.12. The van der Waals surface area contributed by atoms with Crippen molar-refractivity contribution in [2.45, 2.75) is 13.3 Å². The van der Waals surface area contributed by atoms with Gasteiger partial charge in [0.25, 0.3) is 5.91 Å². The molecule has 0 heterocycles. The van der Waals surface area contributed by atoms with Gasteiger partial charge in [-0.05, 0) is 58.2 Å². The third-order valence-corrected chi connectivity index (χ3v) is 3.65. The van der Waals surface area contributed by atoms with Crippen LogP contribution in [0.15, 0.2) is 40.9 Å². The van der Waals surface area contributed by atoms with Crippen molar-refractivity contribution in [3.63, 3.8) is 0 Å². The number of carbonyl (C=O) groups excluding carboxylic acids is 1. The second kappa shape index (κ2) is 6.05. The zero-order valence-corrected chi connectivity index (χ0v) is 12.5. The zero-order chi connectivity index (χ0) is 14.7. The molecule has 0 atom stereocenters. The Labute approximate surface area is 125 Å². The predicted octanol–water partition coefficient (Wildman–Crippen LogP) is 3.99. The summed E-state index contributed by atoms with van der Waals surface area (Å²) in [4.78, 5) is 12.1. The lowest BCUT2D eigenvalue weighted by atomic mass is 10.1. The number of rotatable bonds is 3. The maximum Gasteiger partial charge on any atom is 0.256 e. The van der Waals surface area contributed by atoms with Crippen molar-refractivity contribution in [3.8, 4) is 0 Å². The van der Waals surface area contributed by atoms with Crippen molar-refractivity contribution >= 4 is 33.2 Å². The van der Waals surface area contributed by atoms with Crippen molar-refractivity contribution in [1.29, 1.82) is 0 Å². The third-order valence-electron chi connectivity index (χ3n) is 2.96. The fourth-order valence-corrected chi connectivity index (χ4v) is 2.29. The van der Waals surface area contributed by atoms with E-state index >= 15 is 0 Å². The molecule has 2 aromatic carbocycles. The number of nitrogens with two attached hydrogens (primary N) is 1. The maximum atomic E-state index is 13.2. The predicted molar refractivity (Wildman–Crippen MR) is 82.3 cm³/mol. The number of hydrogen-bond donors (Lipinski definition) is 2. The van der Waals surface area contributed by atoms with Gasteiger partial charge in [0.05, 0.1) is 5.56 Å². The highest BCUT2D eigenvalue weighted by Crippen LogP contribution is 2.22. The molecule has 0 aliphatic rings. The van der Waals surface area contributed by atoms with E-state index in [-0.39, 0.29) is 11.5 Å². The quantitative estimate of drug-likeness (QED) is 0.832. The van der Waals surface area contributed by atoms with E-state index in [0.29, 0.717) is 15.8 Å². The summed E-state index contributed by atoms with van der Waals surface area (Å²) in [7, 11) is 0. The number of hydrogen-bond acceptors (Lipinski definition) is 2. The maximum absolute atomic E-state index is 13.2. The standard InChI is InChI=1S/C15H14BrFN2O/c1-2-9-3-5-11(8-14(9)18)19-15(20)12-7-10(17)4-6-13(12)16/h3-8H,2,18H2,1H3,(H,19,20). The number of halogens is 2. The van der Waals surface area contributed by atoms with Gasteiger partial charge in [-0.2, -0.15) is 0 Å². The van der Waals surface area contributed by atoms with Gasteiger partial charge in [-0.1, -0.05) is 13.0 Å². The van der Waals surface area contributed by atoms with Gasteiger partial charge < -0.3 is 11.1 Å². The summed E-state index contributed by atoms with van der Waals surface area (Å²) in [6, 6.07) is 9.31. The highest BCUT2D eigenvalue weighted by atomic mass is 79.9. The first-order valence-corrected chi connectivity index (χ1v) is 6.95. The second-order valence-electron chi connectivity index (χ2n) is 4.35. The fraction of sp³-hybridized carbons (Fsp3) is 0.133. The Morgan fingerprint density at radius 2 is 2.05 bits per heavy atom. The molecule has 0 fully saturated rings. The highest BCUT2D eigenvalue weighted by molar-refractivity contribution is 9.10. The first-order valence-electron chi connectivity index (χ1n) is 6.16. The van der Waals surface area contributed by atoms with Crippen molar-refractivity contribution in [3.05, 3.63) is 57.8 Å². The van der Waals surface area contributed by atoms with Crippen molar-refractivity contribution in [2.24, 2.45) is 0 Å². The molecule has 0 aliphatic carbocycles. The van der Waals surface area contributed by atoms with E-state index in [1.165, 1.54) is 18.2 Å². The van der Waals surface area contributed by atoms with Crippen LogP contribution in [0.3, 0.4) is 0 Å². The van der Waals surface area contributed by atoms with Crippen molar-refractivity contribution < 1.29 is 9.18 Å². The lowest BCUT2D eigenvalue weighted by molar-refractivity contribution is 0.102. The van der Waals surface area contributed by atoms with E-state index < -0.39 is 5.82 Å². The summed E-state index contributed by atoms with van der Waals surface area (Å²) in [6.45, 7) is 2.01. The van der Waals surface area contributed by atoms with E-state index in [4.69, 9.17) is 5.73 Å². The fourth-order valence-electron chi connectivity index (χ4n) is 1.86. The summed E-state index contributed by atoms with van der Waals surface area (Å²) in [5.74, 6) is -0.848. The van der Waals surface area contributed by atoms with Crippen LogP contribution in [0, 0.1) is 5.82 Å². The average molecular weight is 337 g/mol. The molecular formula is C15H14BrFN2O. The molecule has 0 radical (unpaired) electrons. The minimum atomic E-state index is -0.459. The molecule has 1 amide bonds. The lowest BCUT2D eigenvalue weighted by Crippen LogP contribution is -2.13. The largest absolute Gasteiger partial charge is 0.398 e. The summed E-state index contributed by atoms with van der Waals surface area (Å²) in [5, 5.41) is 2.70. The number of amides is 1. The lowest BCUT2D eigenvalue weighted by Gasteiger charge is -2.09. The number of nitrogen functional groups attached to an aromatic ring is 1. The number of nitrogens with one attached hydrogen (secondary N) is 1. The molecule has 0 spiro atoms. The van der Waals surface area contributed by atoms with Crippen LogP contribution in [-0.2, 0) is 6.42 Å². The van der Waals surface area contributed by atoms with E-state index in [9.17, 15) is 9.18 Å². The summed E-state index contributed by atoms with van der Waals surface area (Å²) in [5.41, 5.74) is 8.35. The smallest absolute Gasteiger partial charge is 0.256 e. The number of aryl methyl sites for hydroxylation is 1. The van der Waals surface area contributed by atoms with Gasteiger partial charge >= 0.3 is 0 Å². The van der Waals surface area contributed by atoms with E-state index in [1.54, 1.807) is 12.1 Å². The van der Waals surface area contributed by atoms with Crippen molar-refractivity contribution in [1.82, 2.24) is 0 Å². The SMILES string of the molecule is CCc1ccc(NC(=O)c2cc(F)ccc2Br)cc1N. The van der Waals surface area contributed by atoms with Gasteiger partial charge in [0.1, 0.15) is 5.82 Å².